The minimum absolute atomic E-state index is 0.0212. The third-order valence-corrected chi connectivity index (χ3v) is 7.17. The molecule has 1 atom stereocenters. The number of amidine groups is 2. The molecule has 34 heavy (non-hydrogen) atoms. The molecule has 8 nitrogen and oxygen atoms in total. The minimum atomic E-state index is -0.756. The zero-order valence-corrected chi connectivity index (χ0v) is 20.5. The number of hydrogen-bond donors (Lipinski definition) is 2. The van der Waals surface area contributed by atoms with Crippen LogP contribution in [0, 0.1) is 5.41 Å². The van der Waals surface area contributed by atoms with E-state index >= 15 is 0 Å². The van der Waals surface area contributed by atoms with E-state index in [1.54, 1.807) is 13.8 Å². The number of rotatable bonds is 4. The molecule has 180 valence electrons. The van der Waals surface area contributed by atoms with E-state index in [9.17, 15) is 9.90 Å². The molecule has 9 heteroatoms. The molecule has 1 fully saturated rings. The predicted molar refractivity (Wildman–Crippen MR) is 134 cm³/mol. The Morgan fingerprint density at radius 3 is 2.76 bits per heavy atom. The van der Waals surface area contributed by atoms with Gasteiger partial charge in [-0.1, -0.05) is 17.7 Å². The third-order valence-electron chi connectivity index (χ3n) is 6.83. The molecule has 1 aromatic carbocycles. The number of hydrogen-bond acceptors (Lipinski definition) is 6. The smallest absolute Gasteiger partial charge is 0.292 e. The number of halogens is 1. The lowest BCUT2D eigenvalue weighted by Crippen LogP contribution is -2.48. The number of likely N-dealkylation sites (tertiary alicyclic amines) is 1. The second kappa shape index (κ2) is 8.74. The summed E-state index contributed by atoms with van der Waals surface area (Å²) in [4.78, 5) is 23.8. The van der Waals surface area contributed by atoms with Crippen LogP contribution in [0.4, 0.5) is 0 Å². The molecule has 0 radical (unpaired) electrons. The van der Waals surface area contributed by atoms with Crippen LogP contribution in [0.3, 0.4) is 0 Å². The van der Waals surface area contributed by atoms with Gasteiger partial charge in [0.2, 0.25) is 5.91 Å². The first kappa shape index (κ1) is 22.9. The van der Waals surface area contributed by atoms with Gasteiger partial charge in [-0.15, -0.1) is 0 Å². The normalized spacial score (nSPS) is 21.3. The Bertz CT molecular complexity index is 1220. The van der Waals surface area contributed by atoms with Gasteiger partial charge in [-0.25, -0.2) is 4.99 Å². The van der Waals surface area contributed by atoms with Crippen molar-refractivity contribution in [3.8, 4) is 0 Å². The molecule has 3 aliphatic heterocycles. The standard InChI is InChI=1S/C25H30ClN5O3/c1-25(2,14-32)23(33)31-10-7-17(8-11-31)34-24-27-19-13-18(26)21(28-22(19)29-24)16-4-5-20-15(12-16)6-9-30(20)3/h4-6,9,12,17,19,32H,7-8,10-11,13-14H2,1-3H3,(H,27,28,29). The number of ether oxygens (including phenoxy) is 1. The van der Waals surface area contributed by atoms with Gasteiger partial charge in [0.1, 0.15) is 6.10 Å². The number of benzene rings is 1. The summed E-state index contributed by atoms with van der Waals surface area (Å²) in [5.41, 5.74) is 2.13. The fraction of sp³-hybridized carbons (Fsp3) is 0.480. The number of aliphatic hydroxyl groups excluding tert-OH is 1. The van der Waals surface area contributed by atoms with Gasteiger partial charge in [-0.3, -0.25) is 4.79 Å². The van der Waals surface area contributed by atoms with E-state index in [0.717, 1.165) is 22.2 Å². The Labute approximate surface area is 204 Å². The molecule has 1 amide bonds. The molecule has 1 saturated heterocycles. The topological polar surface area (TPSA) is 91.5 Å². The fourth-order valence-electron chi connectivity index (χ4n) is 4.66. The second-order valence-corrected chi connectivity index (χ2v) is 10.3. The number of carbonyl (C=O) groups is 1. The van der Waals surface area contributed by atoms with Crippen LogP contribution in [-0.4, -0.2) is 64.2 Å². The molecule has 0 aliphatic carbocycles. The molecule has 5 rings (SSSR count). The SMILES string of the molecule is Cn1ccc2cc(C3=C(Cl)CC4NC(OC5CCN(C(=O)C(C)(C)CO)CC5)=NC4=N3)ccc21. The van der Waals surface area contributed by atoms with Crippen LogP contribution >= 0.6 is 11.6 Å². The number of aromatic nitrogens is 1. The van der Waals surface area contributed by atoms with E-state index in [2.05, 4.69) is 33.1 Å². The van der Waals surface area contributed by atoms with Gasteiger partial charge in [-0.05, 0) is 32.0 Å². The summed E-state index contributed by atoms with van der Waals surface area (Å²) < 4.78 is 8.21. The zero-order chi connectivity index (χ0) is 24.0. The summed E-state index contributed by atoms with van der Waals surface area (Å²) in [5.74, 6) is 0.659. The lowest BCUT2D eigenvalue weighted by Gasteiger charge is -2.36. The molecule has 1 aromatic heterocycles. The van der Waals surface area contributed by atoms with Crippen LogP contribution in [0.15, 0.2) is 45.5 Å². The van der Waals surface area contributed by atoms with E-state index < -0.39 is 5.41 Å². The average molecular weight is 484 g/mol. The van der Waals surface area contributed by atoms with Crippen molar-refractivity contribution >= 4 is 46.0 Å². The van der Waals surface area contributed by atoms with Gasteiger partial charge in [-0.2, -0.15) is 4.99 Å². The Balaban J connectivity index is 1.25. The first-order chi connectivity index (χ1) is 16.2. The van der Waals surface area contributed by atoms with Crippen LogP contribution in [-0.2, 0) is 16.6 Å². The van der Waals surface area contributed by atoms with Gasteiger partial charge >= 0.3 is 0 Å². The summed E-state index contributed by atoms with van der Waals surface area (Å²) in [5, 5.41) is 14.6. The number of piperidine rings is 1. The predicted octanol–water partition coefficient (Wildman–Crippen LogP) is 3.24. The van der Waals surface area contributed by atoms with E-state index in [-0.39, 0.29) is 24.7 Å². The van der Waals surface area contributed by atoms with Crippen molar-refractivity contribution in [3.63, 3.8) is 0 Å². The second-order valence-electron chi connectivity index (χ2n) is 9.89. The molecule has 1 unspecified atom stereocenters. The molecule has 0 saturated carbocycles. The number of nitrogens with one attached hydrogen (secondary N) is 1. The largest absolute Gasteiger partial charge is 0.462 e. The highest BCUT2D eigenvalue weighted by Gasteiger charge is 2.36. The summed E-state index contributed by atoms with van der Waals surface area (Å²) in [6.45, 7) is 4.57. The Morgan fingerprint density at radius 2 is 2.03 bits per heavy atom. The minimum Gasteiger partial charge on any atom is -0.462 e. The molecule has 0 spiro atoms. The highest BCUT2D eigenvalue weighted by Crippen LogP contribution is 2.34. The van der Waals surface area contributed by atoms with E-state index in [0.29, 0.717) is 49.2 Å². The number of amides is 1. The summed E-state index contributed by atoms with van der Waals surface area (Å²) in [6, 6.07) is 8.68. The number of aliphatic imine (C=N–C) groups is 2. The molecule has 3 aliphatic rings. The van der Waals surface area contributed by atoms with Gasteiger partial charge in [0.25, 0.3) is 6.02 Å². The van der Waals surface area contributed by atoms with Crippen LogP contribution in [0.5, 0.6) is 0 Å². The quantitative estimate of drug-likeness (QED) is 0.698. The summed E-state index contributed by atoms with van der Waals surface area (Å²) in [7, 11) is 2.03. The Kier molecular flexibility index (Phi) is 5.90. The monoisotopic (exact) mass is 483 g/mol. The zero-order valence-electron chi connectivity index (χ0n) is 19.7. The van der Waals surface area contributed by atoms with E-state index in [4.69, 9.17) is 21.3 Å². The van der Waals surface area contributed by atoms with Crippen molar-refractivity contribution in [2.45, 2.75) is 45.3 Å². The van der Waals surface area contributed by atoms with E-state index in [1.807, 2.05) is 24.2 Å². The van der Waals surface area contributed by atoms with Crippen molar-refractivity contribution in [1.82, 2.24) is 14.8 Å². The maximum Gasteiger partial charge on any atom is 0.292 e. The first-order valence-corrected chi connectivity index (χ1v) is 12.1. The number of carbonyl (C=O) groups excluding carboxylic acids is 1. The van der Waals surface area contributed by atoms with Gasteiger partial charge in [0.05, 0.1) is 23.8 Å². The Morgan fingerprint density at radius 1 is 1.26 bits per heavy atom. The Hall–Kier alpha value is -2.84. The van der Waals surface area contributed by atoms with Gasteiger partial charge < -0.3 is 24.6 Å². The molecular formula is C25H30ClN5O3. The highest BCUT2D eigenvalue weighted by atomic mass is 35.5. The van der Waals surface area contributed by atoms with Crippen molar-refractivity contribution in [3.05, 3.63) is 41.1 Å². The van der Waals surface area contributed by atoms with Crippen LogP contribution < -0.4 is 5.32 Å². The lowest BCUT2D eigenvalue weighted by atomic mass is 9.91. The summed E-state index contributed by atoms with van der Waals surface area (Å²) >= 11 is 6.65. The maximum absolute atomic E-state index is 12.6. The summed E-state index contributed by atoms with van der Waals surface area (Å²) in [6.07, 6.45) is 4.04. The fourth-order valence-corrected chi connectivity index (χ4v) is 4.97. The number of aliphatic hydroxyl groups is 1. The molecule has 2 N–H and O–H groups in total. The van der Waals surface area contributed by atoms with Crippen molar-refractivity contribution in [1.29, 1.82) is 0 Å². The van der Waals surface area contributed by atoms with Crippen LogP contribution in [0.1, 0.15) is 38.7 Å². The van der Waals surface area contributed by atoms with Crippen molar-refractivity contribution < 1.29 is 14.6 Å². The maximum atomic E-state index is 12.6. The molecular weight excluding hydrogens is 454 g/mol. The first-order valence-electron chi connectivity index (χ1n) is 11.7. The van der Waals surface area contributed by atoms with Crippen molar-refractivity contribution in [2.75, 3.05) is 19.7 Å². The average Bonchev–Trinajstić information content (AvgIpc) is 3.40. The number of aryl methyl sites for hydroxylation is 1. The molecule has 0 bridgehead atoms. The van der Waals surface area contributed by atoms with Crippen LogP contribution in [0.2, 0.25) is 0 Å². The van der Waals surface area contributed by atoms with Crippen LogP contribution in [0.25, 0.3) is 16.6 Å². The van der Waals surface area contributed by atoms with Gasteiger partial charge in [0, 0.05) is 67.1 Å². The molecule has 2 aromatic rings. The number of nitrogens with zero attached hydrogens (tertiary/aromatic N) is 4. The third kappa shape index (κ3) is 4.20. The number of fused-ring (bicyclic) bond motifs is 2. The van der Waals surface area contributed by atoms with Crippen molar-refractivity contribution in [2.24, 2.45) is 22.4 Å². The van der Waals surface area contributed by atoms with Gasteiger partial charge in [0.15, 0.2) is 5.84 Å². The van der Waals surface area contributed by atoms with E-state index in [1.165, 1.54) is 0 Å². The highest BCUT2D eigenvalue weighted by molar-refractivity contribution is 6.34. The lowest BCUT2D eigenvalue weighted by molar-refractivity contribution is -0.144. The molecule has 4 heterocycles.